The lowest BCUT2D eigenvalue weighted by molar-refractivity contribution is -0.121. The van der Waals surface area contributed by atoms with Gasteiger partial charge in [0.2, 0.25) is 23.1 Å². The minimum absolute atomic E-state index is 0.0645. The molecule has 0 fully saturated rings. The smallest absolute Gasteiger partial charge is 0.228 e. The molecule has 0 aromatic carbocycles. The number of ketones is 2. The summed E-state index contributed by atoms with van der Waals surface area (Å²) in [4.78, 5) is 27.3. The largest absolute Gasteiger partial charge is 0.489 e. The summed E-state index contributed by atoms with van der Waals surface area (Å²) in [7, 11) is 7.06. The molecule has 2 aliphatic carbocycles. The number of hydrogen-bond acceptors (Lipinski definition) is 5. The summed E-state index contributed by atoms with van der Waals surface area (Å²) in [6, 6.07) is 0. The fraction of sp³-hybridized carbons (Fsp3) is 0.714. The Hall–Kier alpha value is -1.62. The van der Waals surface area contributed by atoms with Gasteiger partial charge in [-0.3, -0.25) is 9.59 Å². The number of nitrogens with zero attached hydrogens (tertiary/aromatic N) is 1. The first-order chi connectivity index (χ1) is 12.5. The third-order valence-electron chi connectivity index (χ3n) is 5.39. The van der Waals surface area contributed by atoms with Crippen molar-refractivity contribution < 1.29 is 19.1 Å². The van der Waals surface area contributed by atoms with Crippen LogP contribution >= 0.6 is 0 Å². The number of carbonyl (C=O) groups excluding carboxylic acids is 2. The van der Waals surface area contributed by atoms with Gasteiger partial charge in [0.15, 0.2) is 0 Å². The van der Waals surface area contributed by atoms with Crippen LogP contribution in [0.25, 0.3) is 0 Å². The highest BCUT2D eigenvalue weighted by Crippen LogP contribution is 2.41. The van der Waals surface area contributed by atoms with Crippen molar-refractivity contribution in [2.45, 2.75) is 57.8 Å². The number of hydrogen-bond donors (Lipinski definition) is 0. The molecular formula is C21H33NO4. The maximum atomic E-state index is 12.5. The van der Waals surface area contributed by atoms with Crippen LogP contribution in [0.15, 0.2) is 22.7 Å². The van der Waals surface area contributed by atoms with Gasteiger partial charge in [0.25, 0.3) is 0 Å². The van der Waals surface area contributed by atoms with E-state index in [-0.39, 0.29) is 23.1 Å². The number of allylic oxidation sites excluding steroid dienone is 2. The fourth-order valence-corrected chi connectivity index (χ4v) is 3.98. The van der Waals surface area contributed by atoms with Crippen molar-refractivity contribution in [3.05, 3.63) is 22.7 Å². The van der Waals surface area contributed by atoms with Gasteiger partial charge in [0.1, 0.15) is 0 Å². The molecule has 5 nitrogen and oxygen atoms in total. The third-order valence-corrected chi connectivity index (χ3v) is 5.39. The van der Waals surface area contributed by atoms with Crippen LogP contribution < -0.4 is 0 Å². The number of unbranched alkanes of at least 4 members (excludes halogenated alkanes) is 5. The van der Waals surface area contributed by atoms with E-state index in [0.717, 1.165) is 6.42 Å². The molecule has 2 aliphatic rings. The molecule has 0 amide bonds. The van der Waals surface area contributed by atoms with Gasteiger partial charge in [-0.1, -0.05) is 32.1 Å². The average Bonchev–Trinajstić information content (AvgIpc) is 3.04. The topological polar surface area (TPSA) is 55.8 Å². The lowest BCUT2D eigenvalue weighted by atomic mass is 9.94. The SMILES string of the molecule is COC1=C(OC)C(=O)C2=C(CC(CCCCCCCCN(C)C)C2)C1=O. The Morgan fingerprint density at radius 1 is 0.808 bits per heavy atom. The van der Waals surface area contributed by atoms with Gasteiger partial charge in [-0.2, -0.15) is 0 Å². The predicted molar refractivity (Wildman–Crippen MR) is 102 cm³/mol. The molecule has 0 spiro atoms. The molecule has 0 aromatic rings. The Kier molecular flexibility index (Phi) is 7.88. The standard InChI is InChI=1S/C21H33NO4/c1-22(2)12-10-8-6-5-7-9-11-15-13-16-17(14-15)19(24)21(26-4)20(25-3)18(16)23/h15H,5-14H2,1-4H3. The van der Waals surface area contributed by atoms with Crippen LogP contribution in [0.3, 0.4) is 0 Å². The van der Waals surface area contributed by atoms with Crippen LogP contribution in [0.5, 0.6) is 0 Å². The Morgan fingerprint density at radius 2 is 1.27 bits per heavy atom. The number of ether oxygens (including phenoxy) is 2. The predicted octanol–water partition coefficient (Wildman–Crippen LogP) is 3.64. The third kappa shape index (κ3) is 4.97. The minimum Gasteiger partial charge on any atom is -0.489 e. The molecule has 146 valence electrons. The van der Waals surface area contributed by atoms with Crippen LogP contribution in [0.1, 0.15) is 57.8 Å². The zero-order valence-corrected chi connectivity index (χ0v) is 16.7. The van der Waals surface area contributed by atoms with E-state index in [0.29, 0.717) is 29.9 Å². The van der Waals surface area contributed by atoms with Gasteiger partial charge in [0, 0.05) is 11.1 Å². The molecule has 2 rings (SSSR count). The van der Waals surface area contributed by atoms with Crippen molar-refractivity contribution >= 4 is 11.6 Å². The highest BCUT2D eigenvalue weighted by Gasteiger charge is 2.41. The maximum absolute atomic E-state index is 12.5. The molecule has 0 atom stereocenters. The first kappa shape index (κ1) is 20.7. The molecule has 0 bridgehead atoms. The number of Topliss-reactive ketones (excluding diaryl/α,β-unsaturated/α-hetero) is 2. The summed E-state index contributed by atoms with van der Waals surface area (Å²) in [5, 5.41) is 0. The van der Waals surface area contributed by atoms with Crippen molar-refractivity contribution in [3.8, 4) is 0 Å². The van der Waals surface area contributed by atoms with Gasteiger partial charge in [-0.05, 0) is 52.2 Å². The zero-order valence-electron chi connectivity index (χ0n) is 16.7. The Labute approximate surface area is 157 Å². The summed E-state index contributed by atoms with van der Waals surface area (Å²) in [6.07, 6.45) is 10.0. The second-order valence-electron chi connectivity index (χ2n) is 7.67. The molecule has 0 radical (unpaired) electrons. The molecule has 0 saturated carbocycles. The van der Waals surface area contributed by atoms with Crippen LogP contribution in [0.2, 0.25) is 0 Å². The molecule has 0 heterocycles. The summed E-state index contributed by atoms with van der Waals surface area (Å²) >= 11 is 0. The fourth-order valence-electron chi connectivity index (χ4n) is 3.98. The minimum atomic E-state index is -0.164. The van der Waals surface area contributed by atoms with Gasteiger partial charge in [0.05, 0.1) is 14.2 Å². The van der Waals surface area contributed by atoms with E-state index in [1.807, 2.05) is 0 Å². The van der Waals surface area contributed by atoms with Crippen LogP contribution in [0.4, 0.5) is 0 Å². The number of carbonyl (C=O) groups is 2. The maximum Gasteiger partial charge on any atom is 0.228 e. The highest BCUT2D eigenvalue weighted by atomic mass is 16.5. The van der Waals surface area contributed by atoms with Crippen molar-refractivity contribution in [2.75, 3.05) is 34.9 Å². The van der Waals surface area contributed by atoms with Crippen molar-refractivity contribution in [1.82, 2.24) is 4.90 Å². The molecule has 0 aromatic heterocycles. The summed E-state index contributed by atoms with van der Waals surface area (Å²) < 4.78 is 10.3. The highest BCUT2D eigenvalue weighted by molar-refractivity contribution is 6.24. The second kappa shape index (κ2) is 9.91. The Bertz CT molecular complexity index is 551. The lowest BCUT2D eigenvalue weighted by Crippen LogP contribution is -2.23. The van der Waals surface area contributed by atoms with E-state index in [1.165, 1.54) is 59.3 Å². The molecule has 0 unspecified atom stereocenters. The van der Waals surface area contributed by atoms with Crippen LogP contribution in [0, 0.1) is 5.92 Å². The van der Waals surface area contributed by atoms with Crippen molar-refractivity contribution in [1.29, 1.82) is 0 Å². The zero-order chi connectivity index (χ0) is 19.1. The van der Waals surface area contributed by atoms with E-state index >= 15 is 0 Å². The van der Waals surface area contributed by atoms with Crippen LogP contribution in [-0.2, 0) is 19.1 Å². The average molecular weight is 363 g/mol. The Morgan fingerprint density at radius 3 is 1.73 bits per heavy atom. The van der Waals surface area contributed by atoms with Crippen molar-refractivity contribution in [2.24, 2.45) is 5.92 Å². The van der Waals surface area contributed by atoms with Gasteiger partial charge >= 0.3 is 0 Å². The van der Waals surface area contributed by atoms with Gasteiger partial charge in [-0.25, -0.2) is 0 Å². The summed E-state index contributed by atoms with van der Waals surface area (Å²) in [6.45, 7) is 1.17. The monoisotopic (exact) mass is 363 g/mol. The second-order valence-corrected chi connectivity index (χ2v) is 7.67. The molecule has 5 heteroatoms. The van der Waals surface area contributed by atoms with Crippen LogP contribution in [-0.4, -0.2) is 51.3 Å². The van der Waals surface area contributed by atoms with E-state index in [2.05, 4.69) is 19.0 Å². The van der Waals surface area contributed by atoms with Gasteiger partial charge < -0.3 is 14.4 Å². The molecule has 0 saturated heterocycles. The molecular weight excluding hydrogens is 330 g/mol. The summed E-state index contributed by atoms with van der Waals surface area (Å²) in [5.41, 5.74) is 1.31. The molecule has 0 N–H and O–H groups in total. The normalized spacial score (nSPS) is 18.2. The van der Waals surface area contributed by atoms with Gasteiger partial charge in [-0.15, -0.1) is 0 Å². The van der Waals surface area contributed by atoms with E-state index in [4.69, 9.17) is 9.47 Å². The quantitative estimate of drug-likeness (QED) is 0.414. The van der Waals surface area contributed by atoms with Crippen molar-refractivity contribution in [3.63, 3.8) is 0 Å². The molecule has 26 heavy (non-hydrogen) atoms. The number of rotatable bonds is 11. The van der Waals surface area contributed by atoms with E-state index in [1.54, 1.807) is 0 Å². The molecule has 0 aliphatic heterocycles. The first-order valence-corrected chi connectivity index (χ1v) is 9.78. The summed E-state index contributed by atoms with van der Waals surface area (Å²) in [5.74, 6) is 0.199. The lowest BCUT2D eigenvalue weighted by Gasteiger charge is -2.17. The number of methoxy groups -OCH3 is 2. The van der Waals surface area contributed by atoms with E-state index in [9.17, 15) is 9.59 Å². The first-order valence-electron chi connectivity index (χ1n) is 9.78. The van der Waals surface area contributed by atoms with E-state index < -0.39 is 0 Å². The Balaban J connectivity index is 1.72.